The Morgan fingerprint density at radius 3 is 1.54 bits per heavy atom. The molecule has 0 bridgehead atoms. The summed E-state index contributed by atoms with van der Waals surface area (Å²) in [6, 6.07) is 0. The van der Waals surface area contributed by atoms with Gasteiger partial charge in [-0.15, -0.1) is 0 Å². The molecule has 0 N–H and O–H groups in total. The summed E-state index contributed by atoms with van der Waals surface area (Å²) in [4.78, 5) is 15.0. The molecule has 0 fully saturated rings. The summed E-state index contributed by atoms with van der Waals surface area (Å²) in [6.45, 7) is 13.3. The van der Waals surface area contributed by atoms with Crippen LogP contribution in [0.4, 0.5) is 0 Å². The van der Waals surface area contributed by atoms with Gasteiger partial charge in [0.25, 0.3) is 0 Å². The number of hydrogen-bond acceptors (Lipinski definition) is 1. The molecule has 2 unspecified atom stereocenters. The fourth-order valence-corrected chi connectivity index (χ4v) is 3.42. The Bertz CT molecular complexity index is 272. The molecule has 24 heavy (non-hydrogen) atoms. The molecule has 0 saturated heterocycles. The first-order chi connectivity index (χ1) is 11.6. The van der Waals surface area contributed by atoms with E-state index in [1.54, 1.807) is 0 Å². The quantitative estimate of drug-likeness (QED) is 0.282. The van der Waals surface area contributed by atoms with Crippen molar-refractivity contribution in [3.63, 3.8) is 0 Å². The predicted molar refractivity (Wildman–Crippen MR) is 107 cm³/mol. The summed E-state index contributed by atoms with van der Waals surface area (Å²) < 4.78 is 0. The van der Waals surface area contributed by atoms with Crippen LogP contribution in [0.1, 0.15) is 112 Å². The van der Waals surface area contributed by atoms with Crippen molar-refractivity contribution in [2.75, 3.05) is 13.1 Å². The van der Waals surface area contributed by atoms with Gasteiger partial charge < -0.3 is 4.90 Å². The summed E-state index contributed by atoms with van der Waals surface area (Å²) in [5.74, 6) is 1.78. The van der Waals surface area contributed by atoms with Crippen LogP contribution in [0.25, 0.3) is 0 Å². The molecule has 2 atom stereocenters. The van der Waals surface area contributed by atoms with E-state index >= 15 is 0 Å². The van der Waals surface area contributed by atoms with Gasteiger partial charge in [0.05, 0.1) is 0 Å². The molecule has 0 heterocycles. The molecule has 0 aliphatic carbocycles. The first kappa shape index (κ1) is 23.5. The zero-order valence-corrected chi connectivity index (χ0v) is 17.4. The van der Waals surface area contributed by atoms with Crippen molar-refractivity contribution >= 4 is 5.91 Å². The number of rotatable bonds is 16. The van der Waals surface area contributed by atoms with Crippen LogP contribution in [0.15, 0.2) is 0 Å². The second kappa shape index (κ2) is 16.0. The molecule has 0 aliphatic heterocycles. The van der Waals surface area contributed by atoms with Crippen molar-refractivity contribution < 1.29 is 4.79 Å². The highest BCUT2D eigenvalue weighted by atomic mass is 16.2. The fourth-order valence-electron chi connectivity index (χ4n) is 3.42. The van der Waals surface area contributed by atoms with Crippen molar-refractivity contribution in [3.8, 4) is 0 Å². The minimum absolute atomic E-state index is 0.411. The van der Waals surface area contributed by atoms with Crippen LogP contribution in [0.5, 0.6) is 0 Å². The smallest absolute Gasteiger partial charge is 0.222 e. The van der Waals surface area contributed by atoms with Crippen LogP contribution in [0.2, 0.25) is 0 Å². The number of nitrogens with zero attached hydrogens (tertiary/aromatic N) is 1. The summed E-state index contributed by atoms with van der Waals surface area (Å²) >= 11 is 0. The Balaban J connectivity index is 4.74. The van der Waals surface area contributed by atoms with Crippen molar-refractivity contribution in [2.45, 2.75) is 112 Å². The Morgan fingerprint density at radius 1 is 0.708 bits per heavy atom. The molecule has 0 aromatic carbocycles. The number of amides is 1. The summed E-state index contributed by atoms with van der Waals surface area (Å²) in [6.07, 6.45) is 14.2. The van der Waals surface area contributed by atoms with E-state index in [1.165, 1.54) is 64.2 Å². The van der Waals surface area contributed by atoms with E-state index in [0.29, 0.717) is 17.7 Å². The van der Waals surface area contributed by atoms with Crippen LogP contribution < -0.4 is 0 Å². The molecular formula is C22H45NO. The average Bonchev–Trinajstić information content (AvgIpc) is 2.60. The van der Waals surface area contributed by atoms with Crippen LogP contribution in [-0.4, -0.2) is 23.9 Å². The van der Waals surface area contributed by atoms with Gasteiger partial charge in [-0.3, -0.25) is 4.79 Å². The first-order valence-corrected chi connectivity index (χ1v) is 10.9. The number of unbranched alkanes of at least 4 members (excludes halogenated alkanes) is 4. The van der Waals surface area contributed by atoms with E-state index in [9.17, 15) is 4.79 Å². The van der Waals surface area contributed by atoms with Gasteiger partial charge in [0.1, 0.15) is 0 Å². The van der Waals surface area contributed by atoms with Crippen molar-refractivity contribution in [1.29, 1.82) is 0 Å². The molecule has 1 amide bonds. The topological polar surface area (TPSA) is 20.3 Å². The van der Waals surface area contributed by atoms with Gasteiger partial charge in [-0.25, -0.2) is 0 Å². The summed E-state index contributed by atoms with van der Waals surface area (Å²) in [7, 11) is 0. The van der Waals surface area contributed by atoms with Crippen LogP contribution in [-0.2, 0) is 4.79 Å². The molecule has 144 valence electrons. The number of carbonyl (C=O) groups excluding carboxylic acids is 1. The lowest BCUT2D eigenvalue weighted by Crippen LogP contribution is -2.38. The Labute approximate surface area is 152 Å². The lowest BCUT2D eigenvalue weighted by molar-refractivity contribution is -0.132. The van der Waals surface area contributed by atoms with Gasteiger partial charge in [0.15, 0.2) is 0 Å². The fraction of sp³-hybridized carbons (Fsp3) is 0.955. The highest BCUT2D eigenvalue weighted by Crippen LogP contribution is 2.20. The average molecular weight is 340 g/mol. The van der Waals surface area contributed by atoms with E-state index in [-0.39, 0.29) is 0 Å². The van der Waals surface area contributed by atoms with E-state index in [0.717, 1.165) is 25.9 Å². The highest BCUT2D eigenvalue weighted by Gasteiger charge is 2.20. The first-order valence-electron chi connectivity index (χ1n) is 10.9. The monoisotopic (exact) mass is 339 g/mol. The van der Waals surface area contributed by atoms with Crippen LogP contribution in [0, 0.1) is 11.8 Å². The molecule has 0 spiro atoms. The van der Waals surface area contributed by atoms with Gasteiger partial charge in [-0.05, 0) is 31.1 Å². The van der Waals surface area contributed by atoms with Crippen molar-refractivity contribution in [1.82, 2.24) is 4.90 Å². The molecular weight excluding hydrogens is 294 g/mol. The lowest BCUT2D eigenvalue weighted by Gasteiger charge is -2.31. The lowest BCUT2D eigenvalue weighted by atomic mass is 9.95. The summed E-state index contributed by atoms with van der Waals surface area (Å²) in [5.41, 5.74) is 0. The molecule has 0 aromatic rings. The van der Waals surface area contributed by atoms with Crippen LogP contribution >= 0.6 is 0 Å². The van der Waals surface area contributed by atoms with Crippen molar-refractivity contribution in [3.05, 3.63) is 0 Å². The maximum Gasteiger partial charge on any atom is 0.222 e. The van der Waals surface area contributed by atoms with Gasteiger partial charge >= 0.3 is 0 Å². The molecule has 2 nitrogen and oxygen atoms in total. The van der Waals surface area contributed by atoms with E-state index in [4.69, 9.17) is 0 Å². The van der Waals surface area contributed by atoms with E-state index < -0.39 is 0 Å². The highest BCUT2D eigenvalue weighted by molar-refractivity contribution is 5.76. The standard InChI is InChI=1S/C22H45NO/c1-6-11-14-17-22(24)23(18-20(9-4)15-12-7-2)19-21(10-5)16-13-8-3/h20-21H,6-19H2,1-5H3. The van der Waals surface area contributed by atoms with Gasteiger partial charge in [0, 0.05) is 19.5 Å². The van der Waals surface area contributed by atoms with Gasteiger partial charge in [-0.1, -0.05) is 86.0 Å². The second-order valence-electron chi connectivity index (χ2n) is 7.59. The van der Waals surface area contributed by atoms with E-state index in [1.807, 2.05) is 0 Å². The van der Waals surface area contributed by atoms with Gasteiger partial charge in [-0.2, -0.15) is 0 Å². The Hall–Kier alpha value is -0.530. The molecule has 0 rings (SSSR count). The van der Waals surface area contributed by atoms with Crippen molar-refractivity contribution in [2.24, 2.45) is 11.8 Å². The Morgan fingerprint density at radius 2 is 1.17 bits per heavy atom. The SMILES string of the molecule is CCCCCC(=O)N(CC(CC)CCCC)CC(CC)CCCC. The zero-order chi connectivity index (χ0) is 18.2. The van der Waals surface area contributed by atoms with E-state index in [2.05, 4.69) is 39.5 Å². The van der Waals surface area contributed by atoms with Crippen LogP contribution in [0.3, 0.4) is 0 Å². The Kier molecular flexibility index (Phi) is 15.6. The minimum atomic E-state index is 0.411. The number of hydrogen-bond donors (Lipinski definition) is 0. The molecule has 0 radical (unpaired) electrons. The minimum Gasteiger partial charge on any atom is -0.342 e. The predicted octanol–water partition coefficient (Wildman–Crippen LogP) is 6.83. The third kappa shape index (κ3) is 11.1. The largest absolute Gasteiger partial charge is 0.342 e. The zero-order valence-electron chi connectivity index (χ0n) is 17.4. The molecule has 2 heteroatoms. The third-order valence-corrected chi connectivity index (χ3v) is 5.39. The van der Waals surface area contributed by atoms with Gasteiger partial charge in [0.2, 0.25) is 5.91 Å². The summed E-state index contributed by atoms with van der Waals surface area (Å²) in [5, 5.41) is 0. The number of carbonyl (C=O) groups is 1. The maximum absolute atomic E-state index is 12.8. The normalized spacial score (nSPS) is 13.7. The third-order valence-electron chi connectivity index (χ3n) is 5.39. The molecule has 0 aromatic heterocycles. The second-order valence-corrected chi connectivity index (χ2v) is 7.59. The molecule has 0 saturated carbocycles. The molecule has 0 aliphatic rings. The maximum atomic E-state index is 12.8.